The standard InChI is InChI=1S/C45H46P2/c1-3-4-8-19-34(2)46(37-22-9-5-10-23-37)42-32-30-35-20-15-17-28-40(35)44(42)45-41-29-18-16-21-36(41)31-33-43(45)47(38-24-11-6-12-25-38)39-26-13-7-14-27-39/h4,6-8,11-15,17-20,22,24-30,32H,3,5,9-10,16,21,23,31,33H2,1-2H3/b8-4-,34-19+/t46-/m1/s1. The van der Waals surface area contributed by atoms with E-state index in [4.69, 9.17) is 0 Å². The lowest BCUT2D eigenvalue weighted by Gasteiger charge is -2.35. The first-order chi connectivity index (χ1) is 23.2. The molecule has 0 heterocycles. The summed E-state index contributed by atoms with van der Waals surface area (Å²) in [6, 6.07) is 36.9. The van der Waals surface area contributed by atoms with Gasteiger partial charge in [-0.25, -0.2) is 0 Å². The Morgan fingerprint density at radius 2 is 1.49 bits per heavy atom. The van der Waals surface area contributed by atoms with E-state index in [1.54, 1.807) is 21.5 Å². The van der Waals surface area contributed by atoms with Crippen LogP contribution in [0.2, 0.25) is 0 Å². The second kappa shape index (κ2) is 15.1. The molecule has 0 saturated carbocycles. The molecule has 0 aliphatic heterocycles. The fourth-order valence-corrected chi connectivity index (χ4v) is 13.0. The highest BCUT2D eigenvalue weighted by Crippen LogP contribution is 2.59. The van der Waals surface area contributed by atoms with Crippen LogP contribution in [0.3, 0.4) is 0 Å². The molecule has 3 aliphatic carbocycles. The molecule has 0 aromatic heterocycles. The first-order valence-electron chi connectivity index (χ1n) is 17.6. The molecule has 4 aromatic carbocycles. The van der Waals surface area contributed by atoms with Gasteiger partial charge in [0, 0.05) is 0 Å². The van der Waals surface area contributed by atoms with Crippen LogP contribution in [0.25, 0.3) is 16.3 Å². The van der Waals surface area contributed by atoms with E-state index in [0.717, 1.165) is 25.7 Å². The predicted octanol–water partition coefficient (Wildman–Crippen LogP) is 12.6. The minimum absolute atomic E-state index is 0.645. The summed E-state index contributed by atoms with van der Waals surface area (Å²) in [6.45, 7) is 4.63. The van der Waals surface area contributed by atoms with Crippen LogP contribution in [-0.4, -0.2) is 0 Å². The second-order valence-corrected chi connectivity index (χ2v) is 17.6. The van der Waals surface area contributed by atoms with Gasteiger partial charge < -0.3 is 0 Å². The third-order valence-electron chi connectivity index (χ3n) is 9.81. The van der Waals surface area contributed by atoms with Crippen LogP contribution in [0.4, 0.5) is 0 Å². The summed E-state index contributed by atoms with van der Waals surface area (Å²) in [5, 5.41) is 12.0. The Kier molecular flexibility index (Phi) is 10.3. The van der Waals surface area contributed by atoms with Crippen LogP contribution in [0.15, 0.2) is 161 Å². The molecule has 4 aromatic rings. The van der Waals surface area contributed by atoms with Crippen molar-refractivity contribution in [2.24, 2.45) is 0 Å². The van der Waals surface area contributed by atoms with Crippen LogP contribution < -0.4 is 15.9 Å². The summed E-state index contributed by atoms with van der Waals surface area (Å²) in [4.78, 5) is 0. The molecular formula is C45H46P2. The topological polar surface area (TPSA) is 0 Å². The summed E-state index contributed by atoms with van der Waals surface area (Å²) in [5.41, 5.74) is 6.20. The van der Waals surface area contributed by atoms with Gasteiger partial charge in [-0.2, -0.15) is 0 Å². The van der Waals surface area contributed by atoms with Crippen molar-refractivity contribution in [1.29, 1.82) is 0 Å². The van der Waals surface area contributed by atoms with Crippen molar-refractivity contribution in [1.82, 2.24) is 0 Å². The maximum absolute atomic E-state index is 2.61. The van der Waals surface area contributed by atoms with Crippen LogP contribution in [0, 0.1) is 0 Å². The predicted molar refractivity (Wildman–Crippen MR) is 211 cm³/mol. The summed E-state index contributed by atoms with van der Waals surface area (Å²) in [7, 11) is -1.36. The Balaban J connectivity index is 1.58. The van der Waals surface area contributed by atoms with Gasteiger partial charge in [-0.15, -0.1) is 0 Å². The van der Waals surface area contributed by atoms with E-state index in [1.807, 2.05) is 0 Å². The lowest BCUT2D eigenvalue weighted by molar-refractivity contribution is 0.722. The maximum Gasteiger partial charge on any atom is -0.00125 e. The molecule has 7 rings (SSSR count). The SMILES string of the molecule is CC/C=C\C=C(/C)[P@](C1=CCCCC1)c1ccc2ccccc2c1C1=C(P(c2ccccc2)c2ccccc2)CCC2=C1C=CCC2. The quantitative estimate of drug-likeness (QED) is 0.125. The van der Waals surface area contributed by atoms with Crippen LogP contribution >= 0.6 is 15.8 Å². The first kappa shape index (κ1) is 32.0. The van der Waals surface area contributed by atoms with Gasteiger partial charge in [0.15, 0.2) is 0 Å². The van der Waals surface area contributed by atoms with Crippen molar-refractivity contribution in [3.05, 3.63) is 166 Å². The molecule has 0 fully saturated rings. The minimum atomic E-state index is -0.714. The van der Waals surface area contributed by atoms with Gasteiger partial charge in [-0.05, 0) is 140 Å². The Morgan fingerprint density at radius 3 is 2.21 bits per heavy atom. The van der Waals surface area contributed by atoms with E-state index < -0.39 is 15.8 Å². The van der Waals surface area contributed by atoms with Crippen molar-refractivity contribution in [3.8, 4) is 0 Å². The zero-order chi connectivity index (χ0) is 32.0. The van der Waals surface area contributed by atoms with Gasteiger partial charge in [-0.3, -0.25) is 0 Å². The van der Waals surface area contributed by atoms with Crippen molar-refractivity contribution in [2.45, 2.75) is 71.6 Å². The van der Waals surface area contributed by atoms with Gasteiger partial charge in [0.2, 0.25) is 0 Å². The molecule has 0 amide bonds. The van der Waals surface area contributed by atoms with Gasteiger partial charge in [-0.1, -0.05) is 146 Å². The van der Waals surface area contributed by atoms with E-state index in [9.17, 15) is 0 Å². The summed E-state index contributed by atoms with van der Waals surface area (Å²) < 4.78 is 0. The van der Waals surface area contributed by atoms with E-state index >= 15 is 0 Å². The van der Waals surface area contributed by atoms with Crippen LogP contribution in [0.1, 0.15) is 77.2 Å². The largest absolute Gasteiger partial charge is 0.0848 e. The number of rotatable bonds is 9. The number of hydrogen-bond acceptors (Lipinski definition) is 0. The average molecular weight is 649 g/mol. The van der Waals surface area contributed by atoms with Gasteiger partial charge in [0.05, 0.1) is 0 Å². The summed E-state index contributed by atoms with van der Waals surface area (Å²) >= 11 is 0. The lowest BCUT2D eigenvalue weighted by atomic mass is 9.81. The van der Waals surface area contributed by atoms with E-state index in [-0.39, 0.29) is 0 Å². The Labute approximate surface area is 284 Å². The number of benzene rings is 4. The van der Waals surface area contributed by atoms with Crippen molar-refractivity contribution < 1.29 is 0 Å². The lowest BCUT2D eigenvalue weighted by Crippen LogP contribution is -2.20. The zero-order valence-corrected chi connectivity index (χ0v) is 29.7. The molecule has 0 unspecified atom stereocenters. The number of fused-ring (bicyclic) bond motifs is 1. The molecule has 0 spiro atoms. The fraction of sp³-hybridized carbons (Fsp3) is 0.244. The maximum atomic E-state index is 2.61. The Hall–Kier alpha value is -3.56. The van der Waals surface area contributed by atoms with Crippen LogP contribution in [-0.2, 0) is 0 Å². The highest BCUT2D eigenvalue weighted by atomic mass is 31.1. The van der Waals surface area contributed by atoms with Crippen molar-refractivity contribution >= 4 is 48.1 Å². The molecule has 0 nitrogen and oxygen atoms in total. The molecule has 0 N–H and O–H groups in total. The fourth-order valence-electron chi connectivity index (χ4n) is 7.62. The smallest absolute Gasteiger partial charge is 0.00125 e. The highest BCUT2D eigenvalue weighted by molar-refractivity contribution is 7.77. The highest BCUT2D eigenvalue weighted by Gasteiger charge is 2.33. The Morgan fingerprint density at radius 1 is 0.745 bits per heavy atom. The zero-order valence-electron chi connectivity index (χ0n) is 28.0. The monoisotopic (exact) mass is 648 g/mol. The van der Waals surface area contributed by atoms with E-state index in [1.165, 1.54) is 75.5 Å². The van der Waals surface area contributed by atoms with Crippen LogP contribution in [0.5, 0.6) is 0 Å². The second-order valence-electron chi connectivity index (χ2n) is 12.9. The molecule has 236 valence electrons. The molecule has 1 atom stereocenters. The van der Waals surface area contributed by atoms with E-state index in [2.05, 4.69) is 147 Å². The third kappa shape index (κ3) is 6.74. The average Bonchev–Trinajstić information content (AvgIpc) is 3.13. The van der Waals surface area contributed by atoms with Crippen molar-refractivity contribution in [3.63, 3.8) is 0 Å². The van der Waals surface area contributed by atoms with E-state index in [0.29, 0.717) is 0 Å². The normalized spacial score (nSPS) is 17.9. The van der Waals surface area contributed by atoms with Gasteiger partial charge in [0.25, 0.3) is 0 Å². The van der Waals surface area contributed by atoms with Gasteiger partial charge in [0.1, 0.15) is 0 Å². The minimum Gasteiger partial charge on any atom is -0.0848 e. The summed E-state index contributed by atoms with van der Waals surface area (Å²) in [6.07, 6.45) is 25.3. The molecule has 0 bridgehead atoms. The Bertz CT molecular complexity index is 1880. The van der Waals surface area contributed by atoms with Gasteiger partial charge >= 0.3 is 0 Å². The molecule has 2 heteroatoms. The molecular weight excluding hydrogens is 602 g/mol. The number of allylic oxidation sites excluding steroid dienone is 12. The molecule has 0 saturated heterocycles. The first-order valence-corrected chi connectivity index (χ1v) is 20.3. The third-order valence-corrected chi connectivity index (χ3v) is 15.1. The molecule has 0 radical (unpaired) electrons. The number of hydrogen-bond donors (Lipinski definition) is 0. The van der Waals surface area contributed by atoms with Crippen molar-refractivity contribution in [2.75, 3.05) is 0 Å². The molecule has 3 aliphatic rings. The summed E-state index contributed by atoms with van der Waals surface area (Å²) in [5.74, 6) is 0. The molecule has 47 heavy (non-hydrogen) atoms.